The van der Waals surface area contributed by atoms with E-state index in [1.165, 1.54) is 17.2 Å². The maximum absolute atomic E-state index is 11.0. The molecule has 0 radical (unpaired) electrons. The van der Waals surface area contributed by atoms with Gasteiger partial charge in [-0.05, 0) is 49.1 Å². The van der Waals surface area contributed by atoms with E-state index in [2.05, 4.69) is 5.32 Å². The standard InChI is InChI=1S/C16H17N3O2/c1-10-14(3-2-4-16(10)19(20)21)18-15-8-5-11-9-12(17)6-7-13(11)15/h2-4,6-7,9,15,18H,5,8,17H2,1H3. The minimum atomic E-state index is -0.343. The Balaban J connectivity index is 1.90. The number of hydrogen-bond donors (Lipinski definition) is 2. The van der Waals surface area contributed by atoms with Crippen molar-refractivity contribution < 1.29 is 4.92 Å². The van der Waals surface area contributed by atoms with Crippen LogP contribution in [0.5, 0.6) is 0 Å². The topological polar surface area (TPSA) is 81.2 Å². The summed E-state index contributed by atoms with van der Waals surface area (Å²) in [6.45, 7) is 1.78. The third kappa shape index (κ3) is 2.42. The number of nitro groups is 1. The zero-order chi connectivity index (χ0) is 15.0. The molecule has 1 aliphatic carbocycles. The van der Waals surface area contributed by atoms with Crippen LogP contribution in [0, 0.1) is 17.0 Å². The van der Waals surface area contributed by atoms with Crippen molar-refractivity contribution in [1.82, 2.24) is 0 Å². The molecule has 0 amide bonds. The van der Waals surface area contributed by atoms with Gasteiger partial charge >= 0.3 is 0 Å². The summed E-state index contributed by atoms with van der Waals surface area (Å²) in [4.78, 5) is 10.7. The molecule has 2 aromatic carbocycles. The normalized spacial score (nSPS) is 16.5. The van der Waals surface area contributed by atoms with Gasteiger partial charge in [-0.3, -0.25) is 10.1 Å². The molecule has 3 N–H and O–H groups in total. The second-order valence-electron chi connectivity index (χ2n) is 5.40. The van der Waals surface area contributed by atoms with Gasteiger partial charge in [-0.15, -0.1) is 0 Å². The van der Waals surface area contributed by atoms with Crippen LogP contribution in [0.4, 0.5) is 17.1 Å². The lowest BCUT2D eigenvalue weighted by Gasteiger charge is -2.17. The van der Waals surface area contributed by atoms with Gasteiger partial charge in [0.05, 0.1) is 11.0 Å². The molecule has 0 spiro atoms. The van der Waals surface area contributed by atoms with Crippen LogP contribution >= 0.6 is 0 Å². The first-order valence-corrected chi connectivity index (χ1v) is 6.95. The Labute approximate surface area is 122 Å². The van der Waals surface area contributed by atoms with Crippen LogP contribution in [0.2, 0.25) is 0 Å². The van der Waals surface area contributed by atoms with Crippen molar-refractivity contribution >= 4 is 17.1 Å². The van der Waals surface area contributed by atoms with E-state index in [-0.39, 0.29) is 16.7 Å². The highest BCUT2D eigenvalue weighted by molar-refractivity contribution is 5.61. The third-order valence-corrected chi connectivity index (χ3v) is 4.08. The van der Waals surface area contributed by atoms with E-state index >= 15 is 0 Å². The quantitative estimate of drug-likeness (QED) is 0.512. The largest absolute Gasteiger partial charge is 0.399 e. The van der Waals surface area contributed by atoms with Gasteiger partial charge in [-0.1, -0.05) is 12.1 Å². The first-order chi connectivity index (χ1) is 10.1. The maximum Gasteiger partial charge on any atom is 0.274 e. The lowest BCUT2D eigenvalue weighted by molar-refractivity contribution is -0.385. The number of nitrogens with one attached hydrogen (secondary N) is 1. The summed E-state index contributed by atoms with van der Waals surface area (Å²) in [5.74, 6) is 0. The van der Waals surface area contributed by atoms with Crippen LogP contribution in [0.1, 0.15) is 29.2 Å². The number of nitrogen functional groups attached to an aromatic ring is 1. The monoisotopic (exact) mass is 283 g/mol. The van der Waals surface area contributed by atoms with Crippen molar-refractivity contribution in [2.45, 2.75) is 25.8 Å². The van der Waals surface area contributed by atoms with Gasteiger partial charge in [0, 0.05) is 23.0 Å². The Kier molecular flexibility index (Phi) is 3.25. The molecule has 5 nitrogen and oxygen atoms in total. The van der Waals surface area contributed by atoms with Crippen molar-refractivity contribution in [2.75, 3.05) is 11.1 Å². The number of rotatable bonds is 3. The van der Waals surface area contributed by atoms with Crippen LogP contribution in [0.25, 0.3) is 0 Å². The van der Waals surface area contributed by atoms with Crippen LogP contribution in [0.3, 0.4) is 0 Å². The summed E-state index contributed by atoms with van der Waals surface area (Å²) >= 11 is 0. The van der Waals surface area contributed by atoms with Crippen molar-refractivity contribution in [1.29, 1.82) is 0 Å². The second kappa shape index (κ2) is 5.09. The highest BCUT2D eigenvalue weighted by Gasteiger charge is 2.23. The molecule has 21 heavy (non-hydrogen) atoms. The number of anilines is 2. The molecule has 0 aromatic heterocycles. The first kappa shape index (κ1) is 13.4. The third-order valence-electron chi connectivity index (χ3n) is 4.08. The Morgan fingerprint density at radius 1 is 1.33 bits per heavy atom. The van der Waals surface area contributed by atoms with Gasteiger partial charge in [0.1, 0.15) is 0 Å². The average molecular weight is 283 g/mol. The van der Waals surface area contributed by atoms with E-state index in [0.717, 1.165) is 24.2 Å². The molecule has 3 rings (SSSR count). The molecule has 1 aliphatic rings. The van der Waals surface area contributed by atoms with Crippen LogP contribution in [-0.2, 0) is 6.42 Å². The molecule has 0 saturated carbocycles. The van der Waals surface area contributed by atoms with Gasteiger partial charge in [0.15, 0.2) is 0 Å². The highest BCUT2D eigenvalue weighted by Crippen LogP contribution is 2.36. The van der Waals surface area contributed by atoms with Crippen LogP contribution in [-0.4, -0.2) is 4.92 Å². The molecule has 108 valence electrons. The highest BCUT2D eigenvalue weighted by atomic mass is 16.6. The van der Waals surface area contributed by atoms with E-state index in [4.69, 9.17) is 5.73 Å². The van der Waals surface area contributed by atoms with E-state index < -0.39 is 0 Å². The fourth-order valence-corrected chi connectivity index (χ4v) is 2.95. The Morgan fingerprint density at radius 3 is 2.90 bits per heavy atom. The predicted octanol–water partition coefficient (Wildman–Crippen LogP) is 3.58. The summed E-state index contributed by atoms with van der Waals surface area (Å²) in [7, 11) is 0. The van der Waals surface area contributed by atoms with E-state index in [9.17, 15) is 10.1 Å². The fraction of sp³-hybridized carbons (Fsp3) is 0.250. The molecule has 0 fully saturated rings. The number of fused-ring (bicyclic) bond motifs is 1. The number of nitro benzene ring substituents is 1. The predicted molar refractivity (Wildman–Crippen MR) is 83.4 cm³/mol. The van der Waals surface area contributed by atoms with Gasteiger partial charge in [-0.2, -0.15) is 0 Å². The fourth-order valence-electron chi connectivity index (χ4n) is 2.95. The Bertz CT molecular complexity index is 713. The van der Waals surface area contributed by atoms with E-state index in [1.54, 1.807) is 13.0 Å². The molecule has 1 unspecified atom stereocenters. The Morgan fingerprint density at radius 2 is 2.14 bits per heavy atom. The number of benzene rings is 2. The van der Waals surface area contributed by atoms with Gasteiger partial charge in [0.25, 0.3) is 5.69 Å². The molecule has 0 saturated heterocycles. The molecule has 0 bridgehead atoms. The summed E-state index contributed by atoms with van der Waals surface area (Å²) in [5.41, 5.74) is 10.7. The molecule has 0 aliphatic heterocycles. The smallest absolute Gasteiger partial charge is 0.274 e. The van der Waals surface area contributed by atoms with Crippen molar-refractivity contribution in [3.05, 3.63) is 63.2 Å². The number of nitrogens with two attached hydrogens (primary N) is 1. The molecule has 1 atom stereocenters. The zero-order valence-corrected chi connectivity index (χ0v) is 11.8. The summed E-state index contributed by atoms with van der Waals surface area (Å²) in [6.07, 6.45) is 1.95. The number of nitrogens with zero attached hydrogens (tertiary/aromatic N) is 1. The minimum Gasteiger partial charge on any atom is -0.399 e. The van der Waals surface area contributed by atoms with Crippen LogP contribution in [0.15, 0.2) is 36.4 Å². The molecular weight excluding hydrogens is 266 g/mol. The van der Waals surface area contributed by atoms with Crippen molar-refractivity contribution in [2.24, 2.45) is 0 Å². The lowest BCUT2D eigenvalue weighted by atomic mass is 10.1. The van der Waals surface area contributed by atoms with E-state index in [1.807, 2.05) is 24.3 Å². The molecule has 2 aromatic rings. The van der Waals surface area contributed by atoms with E-state index in [0.29, 0.717) is 5.56 Å². The maximum atomic E-state index is 11.0. The molecule has 0 heterocycles. The SMILES string of the molecule is Cc1c(NC2CCc3cc(N)ccc32)cccc1[N+](=O)[O-]. The number of hydrogen-bond acceptors (Lipinski definition) is 4. The van der Waals surface area contributed by atoms with Crippen molar-refractivity contribution in [3.8, 4) is 0 Å². The number of aryl methyl sites for hydroxylation is 1. The molecular formula is C16H17N3O2. The van der Waals surface area contributed by atoms with Crippen LogP contribution < -0.4 is 11.1 Å². The average Bonchev–Trinajstić information content (AvgIpc) is 2.83. The lowest BCUT2D eigenvalue weighted by Crippen LogP contribution is -2.09. The molecule has 5 heteroatoms. The summed E-state index contributed by atoms with van der Waals surface area (Å²) in [5, 5.41) is 14.4. The summed E-state index contributed by atoms with van der Waals surface area (Å²) < 4.78 is 0. The van der Waals surface area contributed by atoms with Gasteiger partial charge in [0.2, 0.25) is 0 Å². The van der Waals surface area contributed by atoms with Gasteiger partial charge in [-0.25, -0.2) is 0 Å². The summed E-state index contributed by atoms with van der Waals surface area (Å²) in [6, 6.07) is 11.3. The zero-order valence-electron chi connectivity index (χ0n) is 11.8. The minimum absolute atomic E-state index is 0.149. The first-order valence-electron chi connectivity index (χ1n) is 6.95. The Hall–Kier alpha value is -2.56. The van der Waals surface area contributed by atoms with Crippen molar-refractivity contribution in [3.63, 3.8) is 0 Å². The second-order valence-corrected chi connectivity index (χ2v) is 5.40. The van der Waals surface area contributed by atoms with Gasteiger partial charge < -0.3 is 11.1 Å².